The number of aliphatic hydroxyl groups excluding tert-OH is 3. The molecule has 5 rings (SSSR count). The van der Waals surface area contributed by atoms with Crippen molar-refractivity contribution in [3.63, 3.8) is 0 Å². The van der Waals surface area contributed by atoms with E-state index in [1.165, 1.54) is 0 Å². The van der Waals surface area contributed by atoms with E-state index >= 15 is 0 Å². The number of amides is 1. The lowest BCUT2D eigenvalue weighted by Gasteiger charge is -2.45. The lowest BCUT2D eigenvalue weighted by atomic mass is 9.60. The van der Waals surface area contributed by atoms with Crippen molar-refractivity contribution in [1.29, 1.82) is 0 Å². The summed E-state index contributed by atoms with van der Waals surface area (Å²) >= 11 is 6.98. The normalized spacial score (nSPS) is 24.1. The summed E-state index contributed by atoms with van der Waals surface area (Å²) in [5, 5.41) is 41.2. The number of carbonyl (C=O) groups is 4. The van der Waals surface area contributed by atoms with Gasteiger partial charge in [-0.25, -0.2) is 19.7 Å². The van der Waals surface area contributed by atoms with Gasteiger partial charge in [0.1, 0.15) is 28.0 Å². The number of hydrogen-bond acceptors (Lipinski definition) is 19. The quantitative estimate of drug-likeness (QED) is 0.0232. The number of ketones is 1. The molecule has 6 N–H and O–H groups in total. The fraction of sp³-hybridized carbons (Fsp3) is 0.787. The van der Waals surface area contributed by atoms with Crippen molar-refractivity contribution >= 4 is 95.3 Å². The number of nitrogens with two attached hydrogens (primary N) is 1. The molecular formula is C89H156ClN5O10S5. The molecule has 15 nitrogen and oxygen atoms in total. The topological polar surface area (TPSA) is 237 Å². The summed E-state index contributed by atoms with van der Waals surface area (Å²) in [6.45, 7) is 74.7. The van der Waals surface area contributed by atoms with Crippen LogP contribution in [0.4, 0.5) is 4.79 Å². The molecule has 110 heavy (non-hydrogen) atoms. The molecule has 3 aromatic rings. The lowest BCUT2D eigenvalue weighted by molar-refractivity contribution is -0.160. The number of esters is 1. The van der Waals surface area contributed by atoms with Crippen LogP contribution in [0, 0.1) is 103 Å². The highest BCUT2D eigenvalue weighted by Gasteiger charge is 2.54. The Morgan fingerprint density at radius 3 is 1.50 bits per heavy atom. The van der Waals surface area contributed by atoms with Crippen LogP contribution in [0.3, 0.4) is 0 Å². The third-order valence-corrected chi connectivity index (χ3v) is 30.2. The number of thiazole rings is 1. The van der Waals surface area contributed by atoms with E-state index in [2.05, 4.69) is 214 Å². The minimum atomic E-state index is -1.18. The standard InChI is InChI=1S/C33H54N2O5S.C22H37NO2S2.C14H27ClO2.C13H28O.C7H10N2S2/c1-19(15-23-18-41-22(4)34-23)24-16-26-33(11,40-26)14-12-13-30(5,6)20(2)28(38)21(3)31(7,8)29(39)32(9,10)25(36)17-27(37)35-24;1-16(21(3,4)5)20(17(2)22(6,7)8)25-19(24)13-11-15-26-27-18-12-9-10-14-23-18;1-9(13(3,4)5)11(17-12(15)16)10(2)14(6,7)8;1-9(12(3,4)5)11(14)10(2)13(6,7)8;8-4-6-10-11-7-3-1-2-5-9-7/h15,18,20-21,24-26,28,36,38H,12-14,16-17H2,1-11H3,(H,35,37);9-10,12,14,16-17,20H,11,13,15H2,1-8H3;9-11H,1-8H3;9-11,14H,1-8H3;1-3,5H,4,6,8H2/b19-15+;;;;/t20-,21-,24+,25+,26+,28+,33-;16-,17?,20?;2*9-,10?,11?;/m1111./s1. The lowest BCUT2D eigenvalue weighted by Crippen LogP contribution is -2.52. The SMILES string of the molecule is C/C(=C\c1csc(C)n1)[C@@H]1C[C@@H]2O[C@]2(C)CCCC(C)(C)[C@H](C)[C@H](O)[C@@H](C)C(C)(C)C(=O)C(C)(C)[C@@H](O)CC(=O)N1.CC(C(O)[C@@H](C)C(C)(C)C)C(C)(C)C.CC(C(OC(=O)CCCSSc1ccccn1)[C@@H](C)C(C)(C)C)C(C)(C)C.CC(C(OC(=O)Cl)[C@@H](C)C(C)(C)C)C(C)(C)C.NCCSSc1ccccn1. The fourth-order valence-corrected chi connectivity index (χ4v) is 17.2. The van der Waals surface area contributed by atoms with Crippen LogP contribution in [-0.4, -0.2) is 120 Å². The highest BCUT2D eigenvalue weighted by atomic mass is 35.5. The number of epoxide rings is 1. The second-order valence-corrected chi connectivity index (χ2v) is 46.3. The molecule has 21 heteroatoms. The number of aryl methyl sites for hydroxylation is 1. The number of ether oxygens (including phenoxy) is 3. The summed E-state index contributed by atoms with van der Waals surface area (Å²) in [6, 6.07) is 11.5. The molecule has 2 saturated heterocycles. The number of hydrogen-bond donors (Lipinski definition) is 5. The Kier molecular flexibility index (Phi) is 43.3. The van der Waals surface area contributed by atoms with E-state index in [1.54, 1.807) is 80.8 Å². The van der Waals surface area contributed by atoms with E-state index in [0.29, 0.717) is 36.5 Å². The van der Waals surface area contributed by atoms with Crippen LogP contribution < -0.4 is 11.1 Å². The molecule has 634 valence electrons. The van der Waals surface area contributed by atoms with Gasteiger partial charge in [0.15, 0.2) is 0 Å². The Morgan fingerprint density at radius 1 is 0.673 bits per heavy atom. The van der Waals surface area contributed by atoms with Crippen molar-refractivity contribution in [3.8, 4) is 0 Å². The molecule has 6 unspecified atom stereocenters. The molecule has 5 heterocycles. The summed E-state index contributed by atoms with van der Waals surface area (Å²) in [5.74, 6) is 2.71. The van der Waals surface area contributed by atoms with Crippen molar-refractivity contribution in [2.45, 2.75) is 346 Å². The number of halogens is 1. The molecule has 3 aromatic heterocycles. The molecule has 0 aliphatic carbocycles. The highest BCUT2D eigenvalue weighted by molar-refractivity contribution is 8.77. The second kappa shape index (κ2) is 45.3. The minimum Gasteiger partial charge on any atom is -0.462 e. The molecule has 0 saturated carbocycles. The van der Waals surface area contributed by atoms with Gasteiger partial charge in [-0.3, -0.25) is 14.4 Å². The Balaban J connectivity index is 0.000000752. The van der Waals surface area contributed by atoms with E-state index in [-0.39, 0.29) is 122 Å². The fourth-order valence-electron chi connectivity index (χ4n) is 12.8. The minimum absolute atomic E-state index is 0.00194. The molecule has 0 bridgehead atoms. The predicted molar refractivity (Wildman–Crippen MR) is 473 cm³/mol. The number of nitrogens with zero attached hydrogens (tertiary/aromatic N) is 3. The number of Topliss-reactive ketones (excluding diaryl/α,β-unsaturated/α-hetero) is 1. The zero-order valence-electron chi connectivity index (χ0n) is 75.0. The van der Waals surface area contributed by atoms with Crippen LogP contribution in [0.15, 0.2) is 69.8 Å². The largest absolute Gasteiger partial charge is 0.462 e. The van der Waals surface area contributed by atoms with Gasteiger partial charge < -0.3 is 40.6 Å². The summed E-state index contributed by atoms with van der Waals surface area (Å²) in [6.07, 6.45) is 7.78. The van der Waals surface area contributed by atoms with Crippen LogP contribution in [0.1, 0.15) is 291 Å². The summed E-state index contributed by atoms with van der Waals surface area (Å²) in [5.41, 5.74) is 4.68. The van der Waals surface area contributed by atoms with E-state index in [0.717, 1.165) is 70.1 Å². The first-order chi connectivity index (χ1) is 49.9. The van der Waals surface area contributed by atoms with Crippen molar-refractivity contribution in [3.05, 3.63) is 70.4 Å². The van der Waals surface area contributed by atoms with Crippen molar-refractivity contribution in [2.24, 2.45) is 102 Å². The number of nitrogens with one attached hydrogen (secondary N) is 1. The van der Waals surface area contributed by atoms with Crippen LogP contribution in [0.25, 0.3) is 6.08 Å². The molecular weight excluding hydrogens is 1490 g/mol. The first-order valence-electron chi connectivity index (χ1n) is 40.3. The van der Waals surface area contributed by atoms with Gasteiger partial charge in [0.05, 0.1) is 58.6 Å². The number of pyridine rings is 2. The van der Waals surface area contributed by atoms with Gasteiger partial charge in [-0.2, -0.15) is 0 Å². The van der Waals surface area contributed by atoms with Crippen molar-refractivity contribution in [1.82, 2.24) is 20.3 Å². The summed E-state index contributed by atoms with van der Waals surface area (Å²) in [7, 11) is 6.80. The monoisotopic (exact) mass is 1650 g/mol. The van der Waals surface area contributed by atoms with Gasteiger partial charge in [-0.15, -0.1) is 11.3 Å². The number of fused-ring (bicyclic) bond motifs is 1. The molecule has 2 fully saturated rings. The van der Waals surface area contributed by atoms with Crippen LogP contribution >= 0.6 is 66.1 Å². The maximum atomic E-state index is 14.0. The molecule has 1 amide bonds. The van der Waals surface area contributed by atoms with Crippen LogP contribution in [0.5, 0.6) is 0 Å². The third-order valence-electron chi connectivity index (χ3n) is 24.7. The Bertz CT molecular complexity index is 3160. The van der Waals surface area contributed by atoms with Crippen molar-refractivity contribution in [2.75, 3.05) is 18.1 Å². The second-order valence-electron chi connectivity index (χ2n) is 40.1. The van der Waals surface area contributed by atoms with Crippen LogP contribution in [0.2, 0.25) is 0 Å². The maximum absolute atomic E-state index is 14.0. The van der Waals surface area contributed by atoms with E-state index in [1.807, 2.05) is 82.5 Å². The number of carbonyl (C=O) groups excluding carboxylic acids is 4. The Hall–Kier alpha value is -2.76. The average molecular weight is 1650 g/mol. The van der Waals surface area contributed by atoms with Gasteiger partial charge in [-0.1, -0.05) is 255 Å². The van der Waals surface area contributed by atoms with Gasteiger partial charge >= 0.3 is 11.4 Å². The first-order valence-corrected chi connectivity index (χ1v) is 46.2. The smallest absolute Gasteiger partial charge is 0.404 e. The van der Waals surface area contributed by atoms with Gasteiger partial charge in [-0.05, 0) is 189 Å². The summed E-state index contributed by atoms with van der Waals surface area (Å²) in [4.78, 5) is 63.8. The van der Waals surface area contributed by atoms with E-state index < -0.39 is 28.5 Å². The van der Waals surface area contributed by atoms with Crippen molar-refractivity contribution < 1.29 is 48.7 Å². The number of aromatic nitrogens is 3. The van der Waals surface area contributed by atoms with E-state index in [9.17, 15) is 34.5 Å². The molecule has 2 aliphatic rings. The van der Waals surface area contributed by atoms with Gasteiger partial charge in [0.2, 0.25) is 5.91 Å². The zero-order valence-corrected chi connectivity index (χ0v) is 79.9. The average Bonchev–Trinajstić information content (AvgIpc) is 1.52. The molecule has 0 radical (unpaired) electrons. The first kappa shape index (κ1) is 105. The zero-order chi connectivity index (χ0) is 85.5. The van der Waals surface area contributed by atoms with Gasteiger partial charge in [0.25, 0.3) is 0 Å². The van der Waals surface area contributed by atoms with Gasteiger partial charge in [0, 0.05) is 65.7 Å². The van der Waals surface area contributed by atoms with Crippen LogP contribution in [-0.2, 0) is 28.6 Å². The number of aliphatic hydroxyl groups is 3. The molecule has 0 spiro atoms. The molecule has 16 atom stereocenters. The predicted octanol–water partition coefficient (Wildman–Crippen LogP) is 23.6. The molecule has 0 aromatic carbocycles. The Labute approximate surface area is 695 Å². The maximum Gasteiger partial charge on any atom is 0.404 e. The molecule has 2 aliphatic heterocycles. The number of rotatable bonds is 20. The Morgan fingerprint density at radius 2 is 1.11 bits per heavy atom. The van der Waals surface area contributed by atoms with E-state index in [4.69, 9.17) is 31.5 Å². The third kappa shape index (κ3) is 36.0. The highest BCUT2D eigenvalue weighted by Crippen LogP contribution is 2.49. The summed E-state index contributed by atoms with van der Waals surface area (Å²) < 4.78 is 17.6.